The topological polar surface area (TPSA) is 256 Å². The summed E-state index contributed by atoms with van der Waals surface area (Å²) in [6, 6.07) is 4.70. The molecule has 0 aromatic heterocycles. The number of carbonyl (C=O) groups is 3. The Morgan fingerprint density at radius 1 is 0.933 bits per heavy atom. The third-order valence-electron chi connectivity index (χ3n) is 7.20. The van der Waals surface area contributed by atoms with Crippen LogP contribution in [0.5, 0.6) is 11.5 Å². The molecular weight excluding hydrogens is 594 g/mol. The lowest BCUT2D eigenvalue weighted by Gasteiger charge is -2.29. The number of amides is 3. The molecule has 0 aliphatic carbocycles. The van der Waals surface area contributed by atoms with Crippen LogP contribution in [0.25, 0.3) is 0 Å². The Morgan fingerprint density at radius 3 is 1.87 bits per heavy atom. The van der Waals surface area contributed by atoms with Crippen LogP contribution in [0.1, 0.15) is 46.4 Å². The molecule has 3 rings (SSSR count). The van der Waals surface area contributed by atoms with E-state index in [9.17, 15) is 34.6 Å². The van der Waals surface area contributed by atoms with Gasteiger partial charge in [-0.2, -0.15) is 0 Å². The average molecular weight is 630 g/mol. The van der Waals surface area contributed by atoms with Crippen molar-refractivity contribution >= 4 is 40.7 Å². The molecule has 0 spiro atoms. The van der Waals surface area contributed by atoms with Gasteiger partial charge in [-0.3, -0.25) is 29.8 Å². The first-order valence-electron chi connectivity index (χ1n) is 13.9. The van der Waals surface area contributed by atoms with Gasteiger partial charge in [-0.1, -0.05) is 12.2 Å². The summed E-state index contributed by atoms with van der Waals surface area (Å²) in [6.07, 6.45) is 5.15. The predicted molar refractivity (Wildman–Crippen MR) is 163 cm³/mol. The summed E-state index contributed by atoms with van der Waals surface area (Å²) in [5.41, 5.74) is 9.70. The molecule has 3 amide bonds. The van der Waals surface area contributed by atoms with Crippen molar-refractivity contribution in [2.75, 3.05) is 50.5 Å². The van der Waals surface area contributed by atoms with Crippen molar-refractivity contribution in [1.29, 1.82) is 0 Å². The maximum Gasteiger partial charge on any atom is 0.407 e. The minimum Gasteiger partial charge on any atom is -0.494 e. The van der Waals surface area contributed by atoms with Gasteiger partial charge >= 0.3 is 6.09 Å². The van der Waals surface area contributed by atoms with Gasteiger partial charge in [-0.05, 0) is 43.7 Å². The number of piperidine rings is 1. The molecule has 1 heterocycles. The van der Waals surface area contributed by atoms with E-state index in [2.05, 4.69) is 10.6 Å². The Kier molecular flexibility index (Phi) is 11.9. The van der Waals surface area contributed by atoms with Crippen LogP contribution in [0, 0.1) is 26.1 Å². The second-order valence-corrected chi connectivity index (χ2v) is 10.1. The van der Waals surface area contributed by atoms with E-state index in [1.165, 1.54) is 24.1 Å². The summed E-state index contributed by atoms with van der Waals surface area (Å²) >= 11 is 0. The number of methoxy groups -OCH3 is 1. The molecule has 1 aliphatic rings. The monoisotopic (exact) mass is 629 g/mol. The minimum atomic E-state index is -0.931. The van der Waals surface area contributed by atoms with Gasteiger partial charge in [-0.25, -0.2) is 4.79 Å². The summed E-state index contributed by atoms with van der Waals surface area (Å²) in [7, 11) is 1.29. The summed E-state index contributed by atoms with van der Waals surface area (Å²) < 4.78 is 11.0. The zero-order valence-corrected chi connectivity index (χ0v) is 24.5. The van der Waals surface area contributed by atoms with Crippen LogP contribution in [-0.4, -0.2) is 77.7 Å². The zero-order valence-electron chi connectivity index (χ0n) is 24.5. The number of nitrogens with zero attached hydrogens (tertiary/aromatic N) is 3. The van der Waals surface area contributed by atoms with E-state index < -0.39 is 39.1 Å². The number of carbonyl (C=O) groups excluding carboxylic acids is 2. The Balaban J connectivity index is 1.66. The van der Waals surface area contributed by atoms with Crippen LogP contribution in [0.4, 0.5) is 27.5 Å². The number of nitro benzene ring substituents is 2. The highest BCUT2D eigenvalue weighted by Crippen LogP contribution is 2.37. The van der Waals surface area contributed by atoms with Crippen LogP contribution >= 0.6 is 0 Å². The molecule has 0 atom stereocenters. The average Bonchev–Trinajstić information content (AvgIpc) is 3.00. The summed E-state index contributed by atoms with van der Waals surface area (Å²) in [5.74, 6) is -1.27. The quantitative estimate of drug-likeness (QED) is 0.0775. The maximum atomic E-state index is 11.9. The van der Waals surface area contributed by atoms with Gasteiger partial charge in [0.05, 0.1) is 23.6 Å². The molecule has 0 radical (unpaired) electrons. The van der Waals surface area contributed by atoms with Crippen molar-refractivity contribution in [3.8, 4) is 11.5 Å². The number of hydrogen-bond donors (Lipinski definition) is 5. The number of anilines is 2. The standard InChI is InChI=1S/C28H35N7O10/c1-44-22-15-18(26(29)36)13-20(34(40)41)24(22)31-8-2-3-9-32-25-21(35(42)43)14-19(27(30)37)16-23(25)45-12-4-5-17-6-10-33(11-7-17)28(38)39/h2-3,13-17,31-32H,4-12H2,1H3,(H2,29,36)(H2,30,37)(H,38,39). The van der Waals surface area contributed by atoms with Crippen LogP contribution in [0.2, 0.25) is 0 Å². The van der Waals surface area contributed by atoms with Crippen LogP contribution in [0.15, 0.2) is 36.4 Å². The number of nitro groups is 2. The van der Waals surface area contributed by atoms with Crippen LogP contribution in [0.3, 0.4) is 0 Å². The largest absolute Gasteiger partial charge is 0.494 e. The summed E-state index contributed by atoms with van der Waals surface area (Å²) in [4.78, 5) is 57.9. The number of carboxylic acid groups (broad SMARTS) is 1. The molecule has 0 saturated carbocycles. The van der Waals surface area contributed by atoms with Crippen molar-refractivity contribution in [2.45, 2.75) is 25.7 Å². The Labute approximate surface area is 257 Å². The summed E-state index contributed by atoms with van der Waals surface area (Å²) in [5, 5.41) is 38.3. The molecule has 0 unspecified atom stereocenters. The van der Waals surface area contributed by atoms with Gasteiger partial charge in [0.1, 0.15) is 11.5 Å². The Hall–Kier alpha value is -5.61. The third kappa shape index (κ3) is 9.19. The number of nitrogens with two attached hydrogens (primary N) is 2. The highest BCUT2D eigenvalue weighted by molar-refractivity contribution is 5.96. The fraction of sp³-hybridized carbons (Fsp3) is 0.393. The van der Waals surface area contributed by atoms with Crippen molar-refractivity contribution in [2.24, 2.45) is 17.4 Å². The van der Waals surface area contributed by atoms with Crippen LogP contribution < -0.4 is 31.6 Å². The van der Waals surface area contributed by atoms with Gasteiger partial charge in [-0.15, -0.1) is 0 Å². The first-order chi connectivity index (χ1) is 21.4. The third-order valence-corrected chi connectivity index (χ3v) is 7.20. The second kappa shape index (κ2) is 15.7. The molecule has 7 N–H and O–H groups in total. The summed E-state index contributed by atoms with van der Waals surface area (Å²) in [6.45, 7) is 1.30. The van der Waals surface area contributed by atoms with E-state index >= 15 is 0 Å². The number of ether oxygens (including phenoxy) is 2. The van der Waals surface area contributed by atoms with Crippen LogP contribution in [-0.2, 0) is 0 Å². The van der Waals surface area contributed by atoms with Gasteiger partial charge in [0.2, 0.25) is 11.8 Å². The van der Waals surface area contributed by atoms with Crippen molar-refractivity contribution in [3.05, 3.63) is 67.8 Å². The lowest BCUT2D eigenvalue weighted by molar-refractivity contribution is -0.384. The predicted octanol–water partition coefficient (Wildman–Crippen LogP) is 3.34. The molecule has 1 saturated heterocycles. The molecule has 242 valence electrons. The highest BCUT2D eigenvalue weighted by Gasteiger charge is 2.25. The molecule has 1 fully saturated rings. The molecule has 45 heavy (non-hydrogen) atoms. The van der Waals surface area contributed by atoms with E-state index in [-0.39, 0.29) is 53.7 Å². The molecule has 2 aromatic carbocycles. The van der Waals surface area contributed by atoms with Gasteiger partial charge in [0, 0.05) is 49.4 Å². The lowest BCUT2D eigenvalue weighted by atomic mass is 9.92. The van der Waals surface area contributed by atoms with Crippen molar-refractivity contribution in [3.63, 3.8) is 0 Å². The SMILES string of the molecule is COc1cc(C(N)=O)cc([N+](=O)[O-])c1NCC=CCNc1c(OCCCC2CCN(C(=O)O)CC2)cc(C(N)=O)cc1[N+](=O)[O-]. The number of hydrogen-bond acceptors (Lipinski definition) is 11. The highest BCUT2D eigenvalue weighted by atomic mass is 16.6. The van der Waals surface area contributed by atoms with Gasteiger partial charge < -0.3 is 41.6 Å². The van der Waals surface area contributed by atoms with E-state index in [4.69, 9.17) is 26.0 Å². The van der Waals surface area contributed by atoms with Crippen molar-refractivity contribution in [1.82, 2.24) is 4.90 Å². The first-order valence-corrected chi connectivity index (χ1v) is 13.9. The number of nitrogens with one attached hydrogen (secondary N) is 2. The number of rotatable bonds is 16. The normalized spacial score (nSPS) is 13.3. The Bertz CT molecular complexity index is 1470. The fourth-order valence-electron chi connectivity index (χ4n) is 4.86. The minimum absolute atomic E-state index is 0.0333. The molecule has 2 aromatic rings. The maximum absolute atomic E-state index is 11.9. The Morgan fingerprint density at radius 2 is 1.42 bits per heavy atom. The molecule has 1 aliphatic heterocycles. The van der Waals surface area contributed by atoms with E-state index in [1.54, 1.807) is 12.2 Å². The van der Waals surface area contributed by atoms with E-state index in [1.807, 2.05) is 0 Å². The van der Waals surface area contributed by atoms with E-state index in [0.29, 0.717) is 25.4 Å². The lowest BCUT2D eigenvalue weighted by Crippen LogP contribution is -2.37. The number of likely N-dealkylation sites (tertiary alicyclic amines) is 1. The molecule has 17 nitrogen and oxygen atoms in total. The molecule has 17 heteroatoms. The zero-order chi connectivity index (χ0) is 33.1. The smallest absolute Gasteiger partial charge is 0.407 e. The first kappa shape index (κ1) is 33.9. The van der Waals surface area contributed by atoms with Crippen molar-refractivity contribution < 1.29 is 38.8 Å². The fourth-order valence-corrected chi connectivity index (χ4v) is 4.86. The second-order valence-electron chi connectivity index (χ2n) is 10.1. The molecular formula is C28H35N7O10. The molecule has 0 bridgehead atoms. The number of benzene rings is 2. The number of primary amides is 2. The van der Waals surface area contributed by atoms with Gasteiger partial charge in [0.15, 0.2) is 11.4 Å². The van der Waals surface area contributed by atoms with Gasteiger partial charge in [0.25, 0.3) is 11.4 Å². The van der Waals surface area contributed by atoms with E-state index in [0.717, 1.165) is 31.4 Å².